The number of hydrogen-bond donors (Lipinski definition) is 1. The molecule has 2 heterocycles. The summed E-state index contributed by atoms with van der Waals surface area (Å²) in [5.74, 6) is 2.63. The number of rotatable bonds is 5. The summed E-state index contributed by atoms with van der Waals surface area (Å²) in [6, 6.07) is 21.0. The third-order valence-electron chi connectivity index (χ3n) is 4.81. The van der Waals surface area contributed by atoms with Gasteiger partial charge in [0.05, 0.1) is 5.76 Å². The number of fused-ring (bicyclic) bond motifs is 5. The SMILES string of the molecule is CC(C)CC(=O)C=C(O)CC(C)C.[Ir].[c-]1cccc2c1-c1ncccc1-c1ccccc1O2. The minimum atomic E-state index is 0. The second-order valence-electron chi connectivity index (χ2n) is 8.71. The maximum absolute atomic E-state index is 11.2. The van der Waals surface area contributed by atoms with E-state index < -0.39 is 0 Å². The van der Waals surface area contributed by atoms with E-state index in [0.29, 0.717) is 24.7 Å². The molecule has 0 unspecified atom stereocenters. The van der Waals surface area contributed by atoms with Crippen LogP contribution in [0.1, 0.15) is 40.5 Å². The van der Waals surface area contributed by atoms with Crippen molar-refractivity contribution < 1.29 is 34.7 Å². The largest absolute Gasteiger partial charge is 0.512 e. The van der Waals surface area contributed by atoms with Crippen molar-refractivity contribution in [3.63, 3.8) is 0 Å². The van der Waals surface area contributed by atoms with E-state index in [1.165, 1.54) is 6.08 Å². The number of carbonyl (C=O) groups excluding carboxylic acids is 1. The fraction of sp³-hybridized carbons (Fsp3) is 0.286. The molecule has 33 heavy (non-hydrogen) atoms. The standard InChI is InChI=1S/C17H10NO.C11H20O2.Ir/c1-3-9-15-12(6-1)13-8-5-11-18-17(13)14-7-2-4-10-16(14)19-15;1-8(2)5-10(12)7-11(13)6-9(3)4;/h1-6,8-11H;7-9,12H,5-6H2,1-4H3;/q-1;;. The first-order valence-corrected chi connectivity index (χ1v) is 11.0. The number of nitrogens with zero attached hydrogens (tertiary/aromatic N) is 1. The Hall–Kier alpha value is -2.75. The number of aliphatic hydroxyl groups is 1. The van der Waals surface area contributed by atoms with Crippen molar-refractivity contribution in [2.75, 3.05) is 0 Å². The van der Waals surface area contributed by atoms with Crippen LogP contribution in [0.15, 0.2) is 72.6 Å². The molecule has 2 aromatic carbocycles. The average Bonchev–Trinajstić information content (AvgIpc) is 2.87. The zero-order valence-corrected chi connectivity index (χ0v) is 21.9. The zero-order valence-electron chi connectivity index (χ0n) is 19.5. The number of hydrogen-bond acceptors (Lipinski definition) is 4. The predicted molar refractivity (Wildman–Crippen MR) is 129 cm³/mol. The molecule has 0 saturated carbocycles. The van der Waals surface area contributed by atoms with E-state index in [1.807, 2.05) is 70.2 Å². The quantitative estimate of drug-likeness (QED) is 0.143. The molecule has 4 nitrogen and oxygen atoms in total. The Morgan fingerprint density at radius 2 is 1.64 bits per heavy atom. The first-order chi connectivity index (χ1) is 15.3. The molecule has 0 spiro atoms. The van der Waals surface area contributed by atoms with Crippen LogP contribution in [-0.4, -0.2) is 15.9 Å². The first kappa shape index (κ1) is 26.5. The summed E-state index contributed by atoms with van der Waals surface area (Å²) in [6.45, 7) is 8.00. The van der Waals surface area contributed by atoms with Crippen LogP contribution in [0.3, 0.4) is 0 Å². The molecule has 3 aromatic rings. The summed E-state index contributed by atoms with van der Waals surface area (Å²) in [4.78, 5) is 15.7. The van der Waals surface area contributed by atoms with Crippen molar-refractivity contribution in [2.24, 2.45) is 11.8 Å². The Bertz CT molecular complexity index is 1040. The number of carbonyl (C=O) groups is 1. The number of ether oxygens (including phenoxy) is 1. The molecule has 1 aliphatic heterocycles. The van der Waals surface area contributed by atoms with Gasteiger partial charge in [-0.25, -0.2) is 0 Å². The normalized spacial score (nSPS) is 11.6. The summed E-state index contributed by atoms with van der Waals surface area (Å²) in [7, 11) is 0. The van der Waals surface area contributed by atoms with Crippen LogP contribution in [0.25, 0.3) is 22.4 Å². The topological polar surface area (TPSA) is 59.4 Å². The van der Waals surface area contributed by atoms with Gasteiger partial charge in [-0.3, -0.25) is 4.79 Å². The van der Waals surface area contributed by atoms with Crippen molar-refractivity contribution in [3.05, 3.63) is 78.7 Å². The van der Waals surface area contributed by atoms with E-state index in [4.69, 9.17) is 4.74 Å². The number of aliphatic hydroxyl groups excluding tert-OH is 1. The Morgan fingerprint density at radius 1 is 0.970 bits per heavy atom. The van der Waals surface area contributed by atoms with Crippen LogP contribution in [0, 0.1) is 17.9 Å². The van der Waals surface area contributed by atoms with Gasteiger partial charge in [-0.1, -0.05) is 57.5 Å². The molecule has 0 bridgehead atoms. The molecule has 5 heteroatoms. The third-order valence-corrected chi connectivity index (χ3v) is 4.81. The zero-order chi connectivity index (χ0) is 23.1. The maximum atomic E-state index is 11.2. The third kappa shape index (κ3) is 7.38. The van der Waals surface area contributed by atoms with Crippen LogP contribution >= 0.6 is 0 Å². The number of allylic oxidation sites excluding steroid dienone is 2. The number of para-hydroxylation sites is 1. The first-order valence-electron chi connectivity index (χ1n) is 11.0. The van der Waals surface area contributed by atoms with E-state index in [-0.39, 0.29) is 31.6 Å². The average molecular weight is 621 g/mol. The van der Waals surface area contributed by atoms with Gasteiger partial charge in [0.25, 0.3) is 0 Å². The molecule has 1 aromatic heterocycles. The minimum absolute atomic E-state index is 0. The summed E-state index contributed by atoms with van der Waals surface area (Å²) < 4.78 is 6.01. The van der Waals surface area contributed by atoms with Crippen molar-refractivity contribution >= 4 is 5.78 Å². The fourth-order valence-corrected chi connectivity index (χ4v) is 3.53. The van der Waals surface area contributed by atoms with Crippen LogP contribution in [0.4, 0.5) is 0 Å². The number of aromatic nitrogens is 1. The fourth-order valence-electron chi connectivity index (χ4n) is 3.53. The Kier molecular flexibility index (Phi) is 10.0. The van der Waals surface area contributed by atoms with Crippen LogP contribution in [0.2, 0.25) is 0 Å². The van der Waals surface area contributed by atoms with E-state index in [9.17, 15) is 9.90 Å². The van der Waals surface area contributed by atoms with Gasteiger partial charge in [0.1, 0.15) is 5.75 Å². The molecule has 175 valence electrons. The van der Waals surface area contributed by atoms with Gasteiger partial charge < -0.3 is 14.8 Å². The van der Waals surface area contributed by atoms with Gasteiger partial charge in [-0.2, -0.15) is 0 Å². The second-order valence-corrected chi connectivity index (χ2v) is 8.71. The van der Waals surface area contributed by atoms with E-state index >= 15 is 0 Å². The van der Waals surface area contributed by atoms with Gasteiger partial charge in [-0.05, 0) is 35.2 Å². The summed E-state index contributed by atoms with van der Waals surface area (Å²) in [5.41, 5.74) is 3.98. The van der Waals surface area contributed by atoms with Gasteiger partial charge >= 0.3 is 0 Å². The van der Waals surface area contributed by atoms with Gasteiger partial charge in [0.15, 0.2) is 5.78 Å². The van der Waals surface area contributed by atoms with Crippen molar-refractivity contribution in [2.45, 2.75) is 40.5 Å². The molecule has 1 N–H and O–H groups in total. The summed E-state index contributed by atoms with van der Waals surface area (Å²) in [6.07, 6.45) is 4.27. The van der Waals surface area contributed by atoms with Crippen LogP contribution in [-0.2, 0) is 24.9 Å². The smallest absolute Gasteiger partial charge is 0.159 e. The van der Waals surface area contributed by atoms with Gasteiger partial charge in [0, 0.05) is 56.5 Å². The molecule has 1 aliphatic rings. The van der Waals surface area contributed by atoms with Gasteiger partial charge in [-0.15, -0.1) is 24.3 Å². The van der Waals surface area contributed by atoms with Crippen molar-refractivity contribution in [1.82, 2.24) is 4.98 Å². The van der Waals surface area contributed by atoms with E-state index in [1.54, 1.807) is 6.20 Å². The molecule has 4 rings (SSSR count). The molecular weight excluding hydrogens is 591 g/mol. The molecule has 0 aliphatic carbocycles. The van der Waals surface area contributed by atoms with Gasteiger partial charge in [0.2, 0.25) is 0 Å². The van der Waals surface area contributed by atoms with E-state index in [0.717, 1.165) is 33.9 Å². The monoisotopic (exact) mass is 621 g/mol. The molecule has 0 saturated heterocycles. The minimum Gasteiger partial charge on any atom is -0.512 e. The number of pyridine rings is 1. The molecule has 1 radical (unpaired) electrons. The Morgan fingerprint density at radius 3 is 2.36 bits per heavy atom. The van der Waals surface area contributed by atoms with Crippen LogP contribution in [0.5, 0.6) is 11.5 Å². The predicted octanol–water partition coefficient (Wildman–Crippen LogP) is 7.41. The second kappa shape index (κ2) is 12.5. The Balaban J connectivity index is 0.000000246. The Labute approximate surface area is 210 Å². The van der Waals surface area contributed by atoms with Crippen LogP contribution < -0.4 is 4.74 Å². The number of ketones is 1. The molecular formula is C28H30IrNO3-. The summed E-state index contributed by atoms with van der Waals surface area (Å²) >= 11 is 0. The molecule has 0 atom stereocenters. The maximum Gasteiger partial charge on any atom is 0.159 e. The molecule has 0 amide bonds. The summed E-state index contributed by atoms with van der Waals surface area (Å²) in [5, 5.41) is 9.34. The van der Waals surface area contributed by atoms with Crippen molar-refractivity contribution in [1.29, 1.82) is 0 Å². The van der Waals surface area contributed by atoms with E-state index in [2.05, 4.69) is 23.2 Å². The molecule has 0 fully saturated rings. The number of benzene rings is 2. The van der Waals surface area contributed by atoms with Crippen molar-refractivity contribution in [3.8, 4) is 33.9 Å².